The Morgan fingerprint density at radius 3 is 2.76 bits per heavy atom. The molecule has 33 heavy (non-hydrogen) atoms. The van der Waals surface area contributed by atoms with Gasteiger partial charge in [-0.1, -0.05) is 17.7 Å². The Bertz CT molecular complexity index is 1420. The molecule has 2 N–H and O–H groups in total. The van der Waals surface area contributed by atoms with Gasteiger partial charge in [0.15, 0.2) is 0 Å². The molecule has 0 unspecified atom stereocenters. The van der Waals surface area contributed by atoms with E-state index in [-0.39, 0.29) is 11.6 Å². The maximum atomic E-state index is 13.2. The molecular weight excluding hydrogens is 442 g/mol. The van der Waals surface area contributed by atoms with E-state index in [0.29, 0.717) is 28.2 Å². The normalized spacial score (nSPS) is 14.7. The van der Waals surface area contributed by atoms with Crippen molar-refractivity contribution in [3.63, 3.8) is 0 Å². The van der Waals surface area contributed by atoms with Crippen LogP contribution < -0.4 is 15.8 Å². The Hall–Kier alpha value is -3.29. The summed E-state index contributed by atoms with van der Waals surface area (Å²) in [4.78, 5) is 27.7. The summed E-state index contributed by atoms with van der Waals surface area (Å²) in [6.45, 7) is 2.11. The van der Waals surface area contributed by atoms with Crippen LogP contribution in [0.25, 0.3) is 21.9 Å². The van der Waals surface area contributed by atoms with Crippen LogP contribution in [-0.4, -0.2) is 34.8 Å². The van der Waals surface area contributed by atoms with Crippen molar-refractivity contribution in [3.05, 3.63) is 75.2 Å². The topological polar surface area (TPSA) is 87.7 Å². The molecule has 0 radical (unpaired) electrons. The van der Waals surface area contributed by atoms with Crippen molar-refractivity contribution >= 4 is 45.1 Å². The molecule has 1 aliphatic heterocycles. The van der Waals surface area contributed by atoms with Crippen molar-refractivity contribution < 1.29 is 14.3 Å². The Morgan fingerprint density at radius 2 is 2.00 bits per heavy atom. The van der Waals surface area contributed by atoms with E-state index in [0.717, 1.165) is 42.5 Å². The first-order valence-corrected chi connectivity index (χ1v) is 11.3. The summed E-state index contributed by atoms with van der Waals surface area (Å²) in [6, 6.07) is 13.2. The van der Waals surface area contributed by atoms with E-state index in [1.165, 1.54) is 4.57 Å². The second-order valence-corrected chi connectivity index (χ2v) is 8.89. The van der Waals surface area contributed by atoms with Gasteiger partial charge in [-0.3, -0.25) is 4.79 Å². The van der Waals surface area contributed by atoms with Crippen LogP contribution in [0.2, 0.25) is 5.02 Å². The van der Waals surface area contributed by atoms with Crippen molar-refractivity contribution in [1.82, 2.24) is 9.88 Å². The van der Waals surface area contributed by atoms with E-state index in [9.17, 15) is 14.7 Å². The molecule has 7 nitrogen and oxygen atoms in total. The second kappa shape index (κ2) is 8.57. The SMILES string of the molecule is Cn1c(=O)c(C(=O)O)c(N(Cc2ccc3occc3c2)C2CCNCC2)c2cc(Cl)ccc21. The van der Waals surface area contributed by atoms with E-state index in [1.54, 1.807) is 31.5 Å². The molecule has 2 aromatic heterocycles. The summed E-state index contributed by atoms with van der Waals surface area (Å²) >= 11 is 6.34. The van der Waals surface area contributed by atoms with Gasteiger partial charge in [0.05, 0.1) is 17.5 Å². The number of hydrogen-bond donors (Lipinski definition) is 2. The zero-order valence-electron chi connectivity index (χ0n) is 18.2. The van der Waals surface area contributed by atoms with Crippen LogP contribution in [0, 0.1) is 0 Å². The molecule has 3 heterocycles. The summed E-state index contributed by atoms with van der Waals surface area (Å²) in [5.41, 5.74) is 2.13. The average molecular weight is 466 g/mol. The van der Waals surface area contributed by atoms with Crippen molar-refractivity contribution in [2.45, 2.75) is 25.4 Å². The number of nitrogens with zero attached hydrogens (tertiary/aromatic N) is 2. The van der Waals surface area contributed by atoms with Crippen LogP contribution in [-0.2, 0) is 13.6 Å². The lowest BCUT2D eigenvalue weighted by atomic mass is 9.99. The van der Waals surface area contributed by atoms with Crippen LogP contribution in [0.3, 0.4) is 0 Å². The number of halogens is 1. The summed E-state index contributed by atoms with van der Waals surface area (Å²) < 4.78 is 6.86. The molecule has 0 bridgehead atoms. The highest BCUT2D eigenvalue weighted by Gasteiger charge is 2.30. The van der Waals surface area contributed by atoms with E-state index >= 15 is 0 Å². The molecule has 0 aliphatic carbocycles. The number of carbonyl (C=O) groups is 1. The third-order valence-electron chi connectivity index (χ3n) is 6.45. The molecule has 0 atom stereocenters. The van der Waals surface area contributed by atoms with Crippen molar-refractivity contribution in [1.29, 1.82) is 0 Å². The number of fused-ring (bicyclic) bond motifs is 2. The van der Waals surface area contributed by atoms with Gasteiger partial charge >= 0.3 is 5.97 Å². The van der Waals surface area contributed by atoms with Gasteiger partial charge in [-0.05, 0) is 67.9 Å². The maximum Gasteiger partial charge on any atom is 0.343 e. The highest BCUT2D eigenvalue weighted by molar-refractivity contribution is 6.31. The fraction of sp³-hybridized carbons (Fsp3) is 0.280. The van der Waals surface area contributed by atoms with E-state index in [4.69, 9.17) is 16.0 Å². The Labute approximate surface area is 195 Å². The van der Waals surface area contributed by atoms with Crippen molar-refractivity contribution in [2.75, 3.05) is 18.0 Å². The van der Waals surface area contributed by atoms with Gasteiger partial charge in [-0.15, -0.1) is 0 Å². The third-order valence-corrected chi connectivity index (χ3v) is 6.69. The lowest BCUT2D eigenvalue weighted by Crippen LogP contribution is -2.44. The van der Waals surface area contributed by atoms with Crippen LogP contribution in [0.15, 0.2) is 57.9 Å². The zero-order valence-corrected chi connectivity index (χ0v) is 18.9. The second-order valence-electron chi connectivity index (χ2n) is 8.46. The number of hydrogen-bond acceptors (Lipinski definition) is 5. The van der Waals surface area contributed by atoms with Gasteiger partial charge in [-0.25, -0.2) is 4.79 Å². The molecule has 0 saturated carbocycles. The van der Waals surface area contributed by atoms with Crippen LogP contribution in [0.4, 0.5) is 5.69 Å². The van der Waals surface area contributed by atoms with Crippen molar-refractivity contribution in [2.24, 2.45) is 7.05 Å². The van der Waals surface area contributed by atoms with Gasteiger partial charge in [0, 0.05) is 35.4 Å². The fourth-order valence-corrected chi connectivity index (χ4v) is 4.99. The lowest BCUT2D eigenvalue weighted by Gasteiger charge is -2.38. The first-order valence-electron chi connectivity index (χ1n) is 10.9. The van der Waals surface area contributed by atoms with Crippen LogP contribution in [0.1, 0.15) is 28.8 Å². The summed E-state index contributed by atoms with van der Waals surface area (Å²) in [5, 5.41) is 15.6. The minimum atomic E-state index is -1.24. The molecule has 0 spiro atoms. The van der Waals surface area contributed by atoms with E-state index in [2.05, 4.69) is 10.2 Å². The van der Waals surface area contributed by atoms with Crippen LogP contribution >= 0.6 is 11.6 Å². The molecule has 1 fully saturated rings. The molecule has 2 aromatic carbocycles. The molecule has 0 amide bonds. The van der Waals surface area contributed by atoms with Gasteiger partial charge in [-0.2, -0.15) is 0 Å². The number of rotatable bonds is 5. The van der Waals surface area contributed by atoms with Crippen LogP contribution in [0.5, 0.6) is 0 Å². The Morgan fingerprint density at radius 1 is 1.21 bits per heavy atom. The Balaban J connectivity index is 1.76. The first-order chi connectivity index (χ1) is 15.9. The highest BCUT2D eigenvalue weighted by Crippen LogP contribution is 2.35. The number of pyridine rings is 1. The number of aryl methyl sites for hydroxylation is 1. The quantitative estimate of drug-likeness (QED) is 0.454. The maximum absolute atomic E-state index is 13.2. The molecule has 1 saturated heterocycles. The van der Waals surface area contributed by atoms with Gasteiger partial charge < -0.3 is 24.3 Å². The smallest absolute Gasteiger partial charge is 0.343 e. The summed E-state index contributed by atoms with van der Waals surface area (Å²) in [6.07, 6.45) is 3.33. The number of benzene rings is 2. The van der Waals surface area contributed by atoms with E-state index in [1.807, 2.05) is 24.3 Å². The number of aromatic carboxylic acids is 1. The number of anilines is 1. The number of piperidine rings is 1. The minimum Gasteiger partial charge on any atom is -0.477 e. The molecular formula is C25H24ClN3O4. The summed E-state index contributed by atoms with van der Waals surface area (Å²) in [7, 11) is 1.59. The molecule has 8 heteroatoms. The monoisotopic (exact) mass is 465 g/mol. The molecule has 4 aromatic rings. The first kappa shape index (κ1) is 21.6. The number of nitrogens with one attached hydrogen (secondary N) is 1. The molecule has 170 valence electrons. The Kier molecular flexibility index (Phi) is 5.60. The van der Waals surface area contributed by atoms with Crippen molar-refractivity contribution in [3.8, 4) is 0 Å². The predicted octanol–water partition coefficient (Wildman–Crippen LogP) is 4.39. The minimum absolute atomic E-state index is 0.0682. The fourth-order valence-electron chi connectivity index (χ4n) is 4.81. The zero-order chi connectivity index (χ0) is 23.1. The number of carboxylic acid groups (broad SMARTS) is 1. The van der Waals surface area contributed by atoms with Gasteiger partial charge in [0.1, 0.15) is 11.1 Å². The number of carboxylic acids is 1. The van der Waals surface area contributed by atoms with Gasteiger partial charge in [0.25, 0.3) is 5.56 Å². The lowest BCUT2D eigenvalue weighted by molar-refractivity contribution is 0.0695. The van der Waals surface area contributed by atoms with E-state index < -0.39 is 11.5 Å². The predicted molar refractivity (Wildman–Crippen MR) is 129 cm³/mol. The molecule has 5 rings (SSSR count). The third kappa shape index (κ3) is 3.87. The molecule has 1 aliphatic rings. The highest BCUT2D eigenvalue weighted by atomic mass is 35.5. The summed E-state index contributed by atoms with van der Waals surface area (Å²) in [5.74, 6) is -1.24. The standard InChI is InChI=1S/C25H24ClN3O4/c1-28-20-4-3-17(26)13-19(20)23(22(24(28)30)25(31)32)29(18-6-9-27-10-7-18)14-15-2-5-21-16(12-15)8-11-33-21/h2-5,8,11-13,18,27H,6-7,9-10,14H2,1H3,(H,31,32). The van der Waals surface area contributed by atoms with Gasteiger partial charge in [0.2, 0.25) is 0 Å². The number of aromatic nitrogens is 1. The number of furan rings is 1. The largest absolute Gasteiger partial charge is 0.477 e. The average Bonchev–Trinajstić information content (AvgIpc) is 3.28.